The topological polar surface area (TPSA) is 90.0 Å². The molecule has 112 valence electrons. The number of aromatic nitrogens is 3. The lowest BCUT2D eigenvalue weighted by Crippen LogP contribution is -2.14. The highest BCUT2D eigenvalue weighted by atomic mass is 32.2. The van der Waals surface area contributed by atoms with Gasteiger partial charge in [0.2, 0.25) is 5.91 Å². The molecule has 0 saturated carbocycles. The molecule has 0 aliphatic carbocycles. The van der Waals surface area contributed by atoms with Crippen LogP contribution < -0.4 is 10.9 Å². The quantitative estimate of drug-likeness (QED) is 0.645. The summed E-state index contributed by atoms with van der Waals surface area (Å²) in [6, 6.07) is 3.08. The van der Waals surface area contributed by atoms with Gasteiger partial charge in [0.1, 0.15) is 5.76 Å². The number of carbonyl (C=O) groups is 1. The van der Waals surface area contributed by atoms with E-state index in [1.54, 1.807) is 19.2 Å². The summed E-state index contributed by atoms with van der Waals surface area (Å²) in [5, 5.41) is 6.95. The van der Waals surface area contributed by atoms with Crippen LogP contribution in [0, 0.1) is 6.92 Å². The number of thioether (sulfide) groups is 1. The Balaban J connectivity index is 1.85. The van der Waals surface area contributed by atoms with Crippen molar-refractivity contribution in [2.45, 2.75) is 32.0 Å². The molecule has 0 unspecified atom stereocenters. The van der Waals surface area contributed by atoms with Gasteiger partial charge in [0, 0.05) is 37.0 Å². The van der Waals surface area contributed by atoms with Gasteiger partial charge in [0.15, 0.2) is 11.0 Å². The summed E-state index contributed by atoms with van der Waals surface area (Å²) >= 11 is 1.38. The fraction of sp³-hybridized carbons (Fsp3) is 0.385. The lowest BCUT2D eigenvalue weighted by molar-refractivity contribution is -0.115. The molecule has 0 atom stereocenters. The van der Waals surface area contributed by atoms with Crippen molar-refractivity contribution < 1.29 is 9.32 Å². The van der Waals surface area contributed by atoms with Crippen molar-refractivity contribution in [1.29, 1.82) is 0 Å². The zero-order valence-electron chi connectivity index (χ0n) is 11.8. The molecule has 0 saturated heterocycles. The van der Waals surface area contributed by atoms with Crippen molar-refractivity contribution in [2.75, 3.05) is 11.1 Å². The van der Waals surface area contributed by atoms with Crippen molar-refractivity contribution >= 4 is 23.5 Å². The van der Waals surface area contributed by atoms with E-state index in [0.717, 1.165) is 6.54 Å². The first-order valence-electron chi connectivity index (χ1n) is 6.52. The lowest BCUT2D eigenvalue weighted by atomic mass is 10.4. The van der Waals surface area contributed by atoms with E-state index in [1.165, 1.54) is 17.8 Å². The molecule has 7 nitrogen and oxygen atoms in total. The normalized spacial score (nSPS) is 10.6. The Labute approximate surface area is 125 Å². The fourth-order valence-corrected chi connectivity index (χ4v) is 2.62. The Morgan fingerprint density at radius 3 is 3.00 bits per heavy atom. The van der Waals surface area contributed by atoms with Crippen LogP contribution >= 0.6 is 11.8 Å². The molecule has 0 fully saturated rings. The SMILES string of the molecule is CCn1ccc(=O)nc1SCCC(=O)Nc1cc(C)on1. The van der Waals surface area contributed by atoms with Crippen molar-refractivity contribution in [3.05, 3.63) is 34.4 Å². The van der Waals surface area contributed by atoms with Gasteiger partial charge >= 0.3 is 0 Å². The van der Waals surface area contributed by atoms with Crippen molar-refractivity contribution in [1.82, 2.24) is 14.7 Å². The number of hydrogen-bond donors (Lipinski definition) is 1. The highest BCUT2D eigenvalue weighted by Gasteiger charge is 2.08. The summed E-state index contributed by atoms with van der Waals surface area (Å²) in [6.07, 6.45) is 2.00. The Bertz CT molecular complexity index is 680. The van der Waals surface area contributed by atoms with E-state index in [2.05, 4.69) is 15.5 Å². The van der Waals surface area contributed by atoms with E-state index >= 15 is 0 Å². The standard InChI is InChI=1S/C13H16N4O3S/c1-3-17-6-4-11(18)15-13(17)21-7-5-12(19)14-10-8-9(2)20-16-10/h4,6,8H,3,5,7H2,1-2H3,(H,14,16,19). The molecule has 2 rings (SSSR count). The van der Waals surface area contributed by atoms with Gasteiger partial charge in [-0.05, 0) is 13.8 Å². The van der Waals surface area contributed by atoms with Gasteiger partial charge in [-0.15, -0.1) is 0 Å². The smallest absolute Gasteiger partial charge is 0.273 e. The van der Waals surface area contributed by atoms with E-state index in [4.69, 9.17) is 4.52 Å². The summed E-state index contributed by atoms with van der Waals surface area (Å²) in [5.74, 6) is 1.42. The minimum atomic E-state index is -0.273. The first kappa shape index (κ1) is 15.3. The van der Waals surface area contributed by atoms with E-state index in [1.807, 2.05) is 11.5 Å². The molecule has 1 amide bonds. The monoisotopic (exact) mass is 308 g/mol. The van der Waals surface area contributed by atoms with Gasteiger partial charge in [0.25, 0.3) is 5.56 Å². The number of aryl methyl sites for hydroxylation is 2. The van der Waals surface area contributed by atoms with Gasteiger partial charge in [-0.25, -0.2) is 0 Å². The minimum absolute atomic E-state index is 0.155. The molecule has 0 aromatic carbocycles. The first-order valence-corrected chi connectivity index (χ1v) is 7.50. The number of nitrogens with zero attached hydrogens (tertiary/aromatic N) is 3. The van der Waals surface area contributed by atoms with Gasteiger partial charge in [-0.2, -0.15) is 4.98 Å². The zero-order valence-corrected chi connectivity index (χ0v) is 12.6. The molecule has 0 bridgehead atoms. The number of hydrogen-bond acceptors (Lipinski definition) is 6. The fourth-order valence-electron chi connectivity index (χ4n) is 1.63. The van der Waals surface area contributed by atoms with E-state index < -0.39 is 0 Å². The molecule has 2 heterocycles. The molecule has 1 N–H and O–H groups in total. The number of anilines is 1. The third kappa shape index (κ3) is 4.45. The van der Waals surface area contributed by atoms with E-state index in [0.29, 0.717) is 28.9 Å². The Morgan fingerprint density at radius 1 is 1.52 bits per heavy atom. The largest absolute Gasteiger partial charge is 0.360 e. The van der Waals surface area contributed by atoms with Crippen molar-refractivity contribution in [3.63, 3.8) is 0 Å². The second-order valence-electron chi connectivity index (χ2n) is 4.30. The third-order valence-electron chi connectivity index (χ3n) is 2.65. The molecule has 0 aliphatic rings. The lowest BCUT2D eigenvalue weighted by Gasteiger charge is -2.08. The predicted molar refractivity (Wildman–Crippen MR) is 79.4 cm³/mol. The van der Waals surface area contributed by atoms with Crippen LogP contribution in [0.1, 0.15) is 19.1 Å². The molecule has 21 heavy (non-hydrogen) atoms. The number of carbonyl (C=O) groups excluding carboxylic acids is 1. The maximum Gasteiger partial charge on any atom is 0.273 e. The molecule has 0 aliphatic heterocycles. The summed E-state index contributed by atoms with van der Waals surface area (Å²) in [4.78, 5) is 26.9. The van der Waals surface area contributed by atoms with Crippen LogP contribution in [0.3, 0.4) is 0 Å². The van der Waals surface area contributed by atoms with Gasteiger partial charge < -0.3 is 14.4 Å². The maximum atomic E-state index is 11.7. The number of amides is 1. The van der Waals surface area contributed by atoms with Crippen LogP contribution in [0.25, 0.3) is 0 Å². The molecule has 2 aromatic rings. The Hall–Kier alpha value is -2.09. The summed E-state index contributed by atoms with van der Waals surface area (Å²) in [7, 11) is 0. The van der Waals surface area contributed by atoms with Crippen molar-refractivity contribution in [2.24, 2.45) is 0 Å². The molecular weight excluding hydrogens is 292 g/mol. The number of nitrogens with one attached hydrogen (secondary N) is 1. The van der Waals surface area contributed by atoms with Gasteiger partial charge in [-0.1, -0.05) is 16.9 Å². The Morgan fingerprint density at radius 2 is 2.33 bits per heavy atom. The molecule has 0 spiro atoms. The van der Waals surface area contributed by atoms with E-state index in [-0.39, 0.29) is 11.5 Å². The van der Waals surface area contributed by atoms with E-state index in [9.17, 15) is 9.59 Å². The molecule has 8 heteroatoms. The van der Waals surface area contributed by atoms with Gasteiger partial charge in [-0.3, -0.25) is 9.59 Å². The van der Waals surface area contributed by atoms with Crippen LogP contribution in [0.2, 0.25) is 0 Å². The second-order valence-corrected chi connectivity index (χ2v) is 5.37. The zero-order chi connectivity index (χ0) is 15.2. The van der Waals surface area contributed by atoms with Crippen LogP contribution in [-0.2, 0) is 11.3 Å². The molecular formula is C13H16N4O3S. The second kappa shape index (κ2) is 7.07. The summed E-state index contributed by atoms with van der Waals surface area (Å²) in [5.41, 5.74) is -0.273. The van der Waals surface area contributed by atoms with Crippen LogP contribution in [0.4, 0.5) is 5.82 Å². The summed E-state index contributed by atoms with van der Waals surface area (Å²) < 4.78 is 6.73. The van der Waals surface area contributed by atoms with Crippen LogP contribution in [-0.4, -0.2) is 26.4 Å². The highest BCUT2D eigenvalue weighted by Crippen LogP contribution is 2.15. The predicted octanol–water partition coefficient (Wildman–Crippen LogP) is 1.68. The average molecular weight is 308 g/mol. The summed E-state index contributed by atoms with van der Waals surface area (Å²) in [6.45, 7) is 4.44. The van der Waals surface area contributed by atoms with Gasteiger partial charge in [0.05, 0.1) is 0 Å². The number of rotatable bonds is 6. The molecule has 2 aromatic heterocycles. The minimum Gasteiger partial charge on any atom is -0.360 e. The Kier molecular flexibility index (Phi) is 5.15. The van der Waals surface area contributed by atoms with Crippen LogP contribution in [0.15, 0.2) is 32.8 Å². The maximum absolute atomic E-state index is 11.7. The van der Waals surface area contributed by atoms with Crippen molar-refractivity contribution in [3.8, 4) is 0 Å². The first-order chi connectivity index (χ1) is 10.1. The third-order valence-corrected chi connectivity index (χ3v) is 3.64. The van der Waals surface area contributed by atoms with Crippen LogP contribution in [0.5, 0.6) is 0 Å². The molecule has 0 radical (unpaired) electrons. The average Bonchev–Trinajstić information content (AvgIpc) is 2.84. The highest BCUT2D eigenvalue weighted by molar-refractivity contribution is 7.99.